The van der Waals surface area contributed by atoms with Crippen LogP contribution >= 0.6 is 11.3 Å². The van der Waals surface area contributed by atoms with Crippen molar-refractivity contribution in [1.82, 2.24) is 10.2 Å². The molecule has 0 saturated carbocycles. The van der Waals surface area contributed by atoms with Crippen LogP contribution in [0.2, 0.25) is 0 Å². The maximum Gasteiger partial charge on any atom is 0.265 e. The zero-order valence-electron chi connectivity index (χ0n) is 17.4. The Labute approximate surface area is 181 Å². The van der Waals surface area contributed by atoms with Gasteiger partial charge in [-0.1, -0.05) is 50.2 Å². The maximum absolute atomic E-state index is 12.6. The van der Waals surface area contributed by atoms with Crippen LogP contribution in [0.3, 0.4) is 0 Å². The van der Waals surface area contributed by atoms with Crippen molar-refractivity contribution in [3.63, 3.8) is 0 Å². The minimum absolute atomic E-state index is 0.170. The van der Waals surface area contributed by atoms with Gasteiger partial charge in [-0.2, -0.15) is 0 Å². The highest BCUT2D eigenvalue weighted by atomic mass is 32.1. The van der Waals surface area contributed by atoms with Gasteiger partial charge in [0, 0.05) is 24.3 Å². The standard InChI is InChI=1S/C24H27N3O2S/c1-3-27(4-2)17-19-9-5-8-18(14-19)16-25-23(28)20-10-6-11-21(15-20)26-24(29)22-12-7-13-30-22/h5-15H,3-4,16-17H2,1-2H3,(H,25,28)(H,26,29). The number of hydrogen-bond donors (Lipinski definition) is 2. The molecule has 30 heavy (non-hydrogen) atoms. The summed E-state index contributed by atoms with van der Waals surface area (Å²) in [6.07, 6.45) is 0. The molecule has 1 heterocycles. The number of anilines is 1. The third-order valence-corrected chi connectivity index (χ3v) is 5.74. The Balaban J connectivity index is 1.59. The second-order valence-electron chi connectivity index (χ2n) is 6.98. The van der Waals surface area contributed by atoms with Crippen LogP contribution in [0, 0.1) is 0 Å². The lowest BCUT2D eigenvalue weighted by atomic mass is 10.1. The highest BCUT2D eigenvalue weighted by molar-refractivity contribution is 7.12. The predicted octanol–water partition coefficient (Wildman–Crippen LogP) is 4.77. The normalized spacial score (nSPS) is 10.8. The Morgan fingerprint density at radius 2 is 1.67 bits per heavy atom. The zero-order chi connectivity index (χ0) is 21.3. The highest BCUT2D eigenvalue weighted by Gasteiger charge is 2.10. The molecule has 0 aliphatic carbocycles. The van der Waals surface area contributed by atoms with Crippen molar-refractivity contribution in [3.05, 3.63) is 87.6 Å². The van der Waals surface area contributed by atoms with E-state index in [1.54, 1.807) is 30.3 Å². The van der Waals surface area contributed by atoms with Gasteiger partial charge in [-0.05, 0) is 53.9 Å². The Morgan fingerprint density at radius 3 is 2.40 bits per heavy atom. The third kappa shape index (κ3) is 6.02. The average Bonchev–Trinajstić information content (AvgIpc) is 3.31. The van der Waals surface area contributed by atoms with E-state index in [2.05, 4.69) is 41.5 Å². The predicted molar refractivity (Wildman–Crippen MR) is 123 cm³/mol. The lowest BCUT2D eigenvalue weighted by Gasteiger charge is -2.18. The molecule has 3 aromatic rings. The average molecular weight is 422 g/mol. The fourth-order valence-electron chi connectivity index (χ4n) is 3.17. The van der Waals surface area contributed by atoms with Crippen molar-refractivity contribution >= 4 is 28.8 Å². The quantitative estimate of drug-likeness (QED) is 0.523. The first kappa shape index (κ1) is 21.7. The summed E-state index contributed by atoms with van der Waals surface area (Å²) in [6, 6.07) is 18.9. The fraction of sp³-hybridized carbons (Fsp3) is 0.250. The number of benzene rings is 2. The summed E-state index contributed by atoms with van der Waals surface area (Å²) in [7, 11) is 0. The smallest absolute Gasteiger partial charge is 0.265 e. The first-order chi connectivity index (χ1) is 14.6. The van der Waals surface area contributed by atoms with Gasteiger partial charge in [0.05, 0.1) is 4.88 Å². The monoisotopic (exact) mass is 421 g/mol. The molecule has 0 atom stereocenters. The van der Waals surface area contributed by atoms with Crippen LogP contribution in [0.4, 0.5) is 5.69 Å². The highest BCUT2D eigenvalue weighted by Crippen LogP contribution is 2.15. The van der Waals surface area contributed by atoms with Crippen LogP contribution in [0.25, 0.3) is 0 Å². The van der Waals surface area contributed by atoms with Gasteiger partial charge in [0.2, 0.25) is 0 Å². The van der Waals surface area contributed by atoms with E-state index >= 15 is 0 Å². The number of thiophene rings is 1. The van der Waals surface area contributed by atoms with E-state index in [4.69, 9.17) is 0 Å². The van der Waals surface area contributed by atoms with Gasteiger partial charge in [-0.15, -0.1) is 11.3 Å². The van der Waals surface area contributed by atoms with Crippen molar-refractivity contribution < 1.29 is 9.59 Å². The fourth-order valence-corrected chi connectivity index (χ4v) is 3.79. The summed E-state index contributed by atoms with van der Waals surface area (Å²) in [5.74, 6) is -0.344. The molecule has 6 heteroatoms. The van der Waals surface area contributed by atoms with Crippen molar-refractivity contribution in [2.75, 3.05) is 18.4 Å². The van der Waals surface area contributed by atoms with E-state index in [-0.39, 0.29) is 11.8 Å². The largest absolute Gasteiger partial charge is 0.348 e. The Bertz CT molecular complexity index is 982. The van der Waals surface area contributed by atoms with Gasteiger partial charge in [-0.25, -0.2) is 0 Å². The molecule has 2 aromatic carbocycles. The van der Waals surface area contributed by atoms with Crippen molar-refractivity contribution in [2.24, 2.45) is 0 Å². The Hall–Kier alpha value is -2.96. The first-order valence-corrected chi connectivity index (χ1v) is 11.0. The molecule has 3 rings (SSSR count). The van der Waals surface area contributed by atoms with Crippen molar-refractivity contribution in [3.8, 4) is 0 Å². The summed E-state index contributed by atoms with van der Waals surface area (Å²) in [5.41, 5.74) is 3.42. The molecule has 0 aliphatic heterocycles. The summed E-state index contributed by atoms with van der Waals surface area (Å²) in [4.78, 5) is 27.8. The molecule has 5 nitrogen and oxygen atoms in total. The van der Waals surface area contributed by atoms with E-state index in [1.165, 1.54) is 16.9 Å². The van der Waals surface area contributed by atoms with E-state index in [0.717, 1.165) is 25.2 Å². The SMILES string of the molecule is CCN(CC)Cc1cccc(CNC(=O)c2cccc(NC(=O)c3cccs3)c2)c1. The molecule has 0 spiro atoms. The number of amides is 2. The third-order valence-electron chi connectivity index (χ3n) is 4.87. The minimum atomic E-state index is -0.174. The number of rotatable bonds is 9. The van der Waals surface area contributed by atoms with Crippen LogP contribution in [0.1, 0.15) is 45.0 Å². The summed E-state index contributed by atoms with van der Waals surface area (Å²) in [5, 5.41) is 7.66. The van der Waals surface area contributed by atoms with Gasteiger partial charge in [0.15, 0.2) is 0 Å². The number of nitrogens with zero attached hydrogens (tertiary/aromatic N) is 1. The van der Waals surface area contributed by atoms with Crippen LogP contribution < -0.4 is 10.6 Å². The molecule has 2 amide bonds. The lowest BCUT2D eigenvalue weighted by molar-refractivity contribution is 0.0949. The Morgan fingerprint density at radius 1 is 0.900 bits per heavy atom. The molecule has 0 fully saturated rings. The maximum atomic E-state index is 12.6. The second-order valence-corrected chi connectivity index (χ2v) is 7.92. The molecular formula is C24H27N3O2S. The number of nitrogens with one attached hydrogen (secondary N) is 2. The molecule has 0 saturated heterocycles. The van der Waals surface area contributed by atoms with Gasteiger partial charge in [0.25, 0.3) is 11.8 Å². The van der Waals surface area contributed by atoms with E-state index in [1.807, 2.05) is 23.6 Å². The molecule has 2 N–H and O–H groups in total. The van der Waals surface area contributed by atoms with Crippen LogP contribution in [0.5, 0.6) is 0 Å². The van der Waals surface area contributed by atoms with Gasteiger partial charge < -0.3 is 10.6 Å². The lowest BCUT2D eigenvalue weighted by Crippen LogP contribution is -2.24. The van der Waals surface area contributed by atoms with Crippen molar-refractivity contribution in [1.29, 1.82) is 0 Å². The topological polar surface area (TPSA) is 61.4 Å². The van der Waals surface area contributed by atoms with E-state index in [9.17, 15) is 9.59 Å². The van der Waals surface area contributed by atoms with E-state index in [0.29, 0.717) is 22.7 Å². The van der Waals surface area contributed by atoms with Crippen LogP contribution in [-0.4, -0.2) is 29.8 Å². The van der Waals surface area contributed by atoms with Gasteiger partial charge >= 0.3 is 0 Å². The summed E-state index contributed by atoms with van der Waals surface area (Å²) < 4.78 is 0. The van der Waals surface area contributed by atoms with Crippen molar-refractivity contribution in [2.45, 2.75) is 26.9 Å². The summed E-state index contributed by atoms with van der Waals surface area (Å²) in [6.45, 7) is 7.69. The zero-order valence-corrected chi connectivity index (χ0v) is 18.2. The first-order valence-electron chi connectivity index (χ1n) is 10.1. The molecule has 0 bridgehead atoms. The molecule has 0 unspecified atom stereocenters. The van der Waals surface area contributed by atoms with Gasteiger partial charge in [-0.3, -0.25) is 14.5 Å². The molecule has 1 aromatic heterocycles. The van der Waals surface area contributed by atoms with Crippen LogP contribution in [-0.2, 0) is 13.1 Å². The molecular weight excluding hydrogens is 394 g/mol. The molecule has 0 radical (unpaired) electrons. The Kier molecular flexibility index (Phi) is 7.76. The van der Waals surface area contributed by atoms with Crippen LogP contribution in [0.15, 0.2) is 66.0 Å². The number of carbonyl (C=O) groups excluding carboxylic acids is 2. The number of hydrogen-bond acceptors (Lipinski definition) is 4. The summed E-state index contributed by atoms with van der Waals surface area (Å²) >= 11 is 1.38. The second kappa shape index (κ2) is 10.7. The van der Waals surface area contributed by atoms with Gasteiger partial charge in [0.1, 0.15) is 0 Å². The molecule has 0 aliphatic rings. The minimum Gasteiger partial charge on any atom is -0.348 e. The number of carbonyl (C=O) groups is 2. The molecule has 156 valence electrons. The van der Waals surface area contributed by atoms with E-state index < -0.39 is 0 Å².